The van der Waals surface area contributed by atoms with Crippen LogP contribution in [-0.2, 0) is 0 Å². The van der Waals surface area contributed by atoms with Crippen LogP contribution < -0.4 is 10.1 Å². The number of hydrogen-bond donors (Lipinski definition) is 1. The average molecular weight is 223 g/mol. The molecule has 0 amide bonds. The lowest BCUT2D eigenvalue weighted by molar-refractivity contribution is 0.324. The van der Waals surface area contributed by atoms with Crippen LogP contribution in [0.4, 0.5) is 5.82 Å². The summed E-state index contributed by atoms with van der Waals surface area (Å²) < 4.78 is 5.43. The molecule has 1 unspecified atom stereocenters. The minimum absolute atomic E-state index is 0.424. The van der Waals surface area contributed by atoms with Crippen molar-refractivity contribution in [2.24, 2.45) is 0 Å². The highest BCUT2D eigenvalue weighted by atomic mass is 16.5. The van der Waals surface area contributed by atoms with Gasteiger partial charge >= 0.3 is 0 Å². The second kappa shape index (κ2) is 6.30. The number of aromatic nitrogens is 2. The quantitative estimate of drug-likeness (QED) is 0.805. The van der Waals surface area contributed by atoms with Crippen molar-refractivity contribution in [3.8, 4) is 5.88 Å². The van der Waals surface area contributed by atoms with Crippen LogP contribution in [0.15, 0.2) is 6.33 Å². The van der Waals surface area contributed by atoms with Gasteiger partial charge < -0.3 is 10.1 Å². The van der Waals surface area contributed by atoms with E-state index in [1.165, 1.54) is 0 Å². The number of nitrogens with zero attached hydrogens (tertiary/aromatic N) is 2. The number of anilines is 1. The van der Waals surface area contributed by atoms with Gasteiger partial charge in [-0.2, -0.15) is 0 Å². The summed E-state index contributed by atoms with van der Waals surface area (Å²) in [5.74, 6) is 1.54. The fraction of sp³-hybridized carbons (Fsp3) is 0.667. The van der Waals surface area contributed by atoms with Crippen LogP contribution in [0.5, 0.6) is 5.88 Å². The summed E-state index contributed by atoms with van der Waals surface area (Å²) in [5, 5.41) is 3.38. The molecule has 1 aromatic rings. The van der Waals surface area contributed by atoms with Crippen molar-refractivity contribution in [1.29, 1.82) is 0 Å². The van der Waals surface area contributed by atoms with E-state index in [-0.39, 0.29) is 0 Å². The Labute approximate surface area is 97.5 Å². The molecule has 0 aliphatic carbocycles. The fourth-order valence-corrected chi connectivity index (χ4v) is 1.60. The van der Waals surface area contributed by atoms with Gasteiger partial charge in [0.2, 0.25) is 5.88 Å². The predicted octanol–water partition coefficient (Wildman–Crippen LogP) is 2.78. The SMILES string of the molecule is CCCC(C)Nc1ncnc(OCC)c1C. The van der Waals surface area contributed by atoms with Crippen molar-refractivity contribution in [2.45, 2.75) is 46.6 Å². The Kier molecular flexibility index (Phi) is 5.02. The maximum absolute atomic E-state index is 5.43. The van der Waals surface area contributed by atoms with Gasteiger partial charge in [-0.3, -0.25) is 0 Å². The molecule has 16 heavy (non-hydrogen) atoms. The van der Waals surface area contributed by atoms with Crippen LogP contribution in [0.2, 0.25) is 0 Å². The summed E-state index contributed by atoms with van der Waals surface area (Å²) in [6.07, 6.45) is 3.84. The minimum Gasteiger partial charge on any atom is -0.478 e. The number of nitrogens with one attached hydrogen (secondary N) is 1. The minimum atomic E-state index is 0.424. The highest BCUT2D eigenvalue weighted by Crippen LogP contribution is 2.21. The van der Waals surface area contributed by atoms with Crippen molar-refractivity contribution in [3.63, 3.8) is 0 Å². The van der Waals surface area contributed by atoms with E-state index >= 15 is 0 Å². The molecular formula is C12H21N3O. The first-order valence-electron chi connectivity index (χ1n) is 5.89. The molecule has 0 radical (unpaired) electrons. The van der Waals surface area contributed by atoms with Crippen molar-refractivity contribution < 1.29 is 4.74 Å². The van der Waals surface area contributed by atoms with E-state index in [4.69, 9.17) is 4.74 Å². The molecule has 4 heteroatoms. The van der Waals surface area contributed by atoms with Crippen molar-refractivity contribution in [1.82, 2.24) is 9.97 Å². The lowest BCUT2D eigenvalue weighted by Crippen LogP contribution is -2.17. The zero-order valence-electron chi connectivity index (χ0n) is 10.6. The number of rotatable bonds is 6. The van der Waals surface area contributed by atoms with Gasteiger partial charge in [0.15, 0.2) is 0 Å². The van der Waals surface area contributed by atoms with Crippen LogP contribution in [0.1, 0.15) is 39.2 Å². The van der Waals surface area contributed by atoms with E-state index in [0.29, 0.717) is 18.5 Å². The van der Waals surface area contributed by atoms with Gasteiger partial charge in [0.1, 0.15) is 12.1 Å². The molecular weight excluding hydrogens is 202 g/mol. The number of ether oxygens (including phenoxy) is 1. The van der Waals surface area contributed by atoms with Gasteiger partial charge in [-0.25, -0.2) is 9.97 Å². The van der Waals surface area contributed by atoms with Gasteiger partial charge in [-0.15, -0.1) is 0 Å². The Bertz CT molecular complexity index is 328. The normalized spacial score (nSPS) is 12.2. The lowest BCUT2D eigenvalue weighted by atomic mass is 10.2. The third-order valence-electron chi connectivity index (χ3n) is 2.42. The molecule has 90 valence electrons. The van der Waals surface area contributed by atoms with E-state index in [9.17, 15) is 0 Å². The van der Waals surface area contributed by atoms with E-state index in [1.807, 2.05) is 13.8 Å². The summed E-state index contributed by atoms with van der Waals surface area (Å²) in [6.45, 7) is 8.89. The zero-order valence-corrected chi connectivity index (χ0v) is 10.6. The third kappa shape index (κ3) is 3.36. The first-order valence-corrected chi connectivity index (χ1v) is 5.89. The van der Waals surface area contributed by atoms with Gasteiger partial charge in [0, 0.05) is 6.04 Å². The molecule has 4 nitrogen and oxygen atoms in total. The van der Waals surface area contributed by atoms with Crippen LogP contribution >= 0.6 is 0 Å². The summed E-state index contributed by atoms with van der Waals surface area (Å²) >= 11 is 0. The summed E-state index contributed by atoms with van der Waals surface area (Å²) in [4.78, 5) is 8.35. The van der Waals surface area contributed by atoms with Crippen molar-refractivity contribution in [2.75, 3.05) is 11.9 Å². The highest BCUT2D eigenvalue weighted by Gasteiger charge is 2.09. The Hall–Kier alpha value is -1.32. The molecule has 1 atom stereocenters. The third-order valence-corrected chi connectivity index (χ3v) is 2.42. The van der Waals surface area contributed by atoms with Crippen molar-refractivity contribution in [3.05, 3.63) is 11.9 Å². The topological polar surface area (TPSA) is 47.0 Å². The second-order valence-electron chi connectivity index (χ2n) is 3.92. The van der Waals surface area contributed by atoms with Gasteiger partial charge in [0.25, 0.3) is 0 Å². The number of hydrogen-bond acceptors (Lipinski definition) is 4. The van der Waals surface area contributed by atoms with Crippen LogP contribution in [0, 0.1) is 6.92 Å². The molecule has 0 fully saturated rings. The smallest absolute Gasteiger partial charge is 0.221 e. The monoisotopic (exact) mass is 223 g/mol. The molecule has 0 saturated heterocycles. The van der Waals surface area contributed by atoms with Crippen LogP contribution in [-0.4, -0.2) is 22.6 Å². The van der Waals surface area contributed by atoms with E-state index in [1.54, 1.807) is 6.33 Å². The Morgan fingerprint density at radius 1 is 1.38 bits per heavy atom. The van der Waals surface area contributed by atoms with Crippen LogP contribution in [0.3, 0.4) is 0 Å². The first-order chi connectivity index (χ1) is 7.69. The predicted molar refractivity (Wildman–Crippen MR) is 65.9 cm³/mol. The van der Waals surface area contributed by atoms with Gasteiger partial charge in [0.05, 0.1) is 12.2 Å². The van der Waals surface area contributed by atoms with E-state index in [0.717, 1.165) is 24.2 Å². The standard InChI is InChI=1S/C12H21N3O/c1-5-7-9(3)15-11-10(4)12(16-6-2)14-8-13-11/h8-9H,5-7H2,1-4H3,(H,13,14,15). The largest absolute Gasteiger partial charge is 0.478 e. The highest BCUT2D eigenvalue weighted by molar-refractivity contribution is 5.48. The molecule has 0 aliphatic rings. The second-order valence-corrected chi connectivity index (χ2v) is 3.92. The Balaban J connectivity index is 2.76. The van der Waals surface area contributed by atoms with Gasteiger partial charge in [-0.1, -0.05) is 13.3 Å². The first kappa shape index (κ1) is 12.7. The maximum atomic E-state index is 5.43. The van der Waals surface area contributed by atoms with Crippen LogP contribution in [0.25, 0.3) is 0 Å². The molecule has 0 aromatic carbocycles. The maximum Gasteiger partial charge on any atom is 0.221 e. The molecule has 1 aromatic heterocycles. The molecule has 1 N–H and O–H groups in total. The van der Waals surface area contributed by atoms with Crippen molar-refractivity contribution >= 4 is 5.82 Å². The van der Waals surface area contributed by atoms with E-state index in [2.05, 4.69) is 29.1 Å². The molecule has 0 aliphatic heterocycles. The molecule has 0 saturated carbocycles. The molecule has 0 spiro atoms. The fourth-order valence-electron chi connectivity index (χ4n) is 1.60. The summed E-state index contributed by atoms with van der Waals surface area (Å²) in [7, 11) is 0. The summed E-state index contributed by atoms with van der Waals surface area (Å²) in [6, 6.07) is 0.424. The molecule has 1 rings (SSSR count). The lowest BCUT2D eigenvalue weighted by Gasteiger charge is -2.16. The molecule has 0 bridgehead atoms. The zero-order chi connectivity index (χ0) is 12.0. The molecule has 1 heterocycles. The Morgan fingerprint density at radius 3 is 2.75 bits per heavy atom. The Morgan fingerprint density at radius 2 is 2.12 bits per heavy atom. The average Bonchev–Trinajstić information content (AvgIpc) is 2.24. The van der Waals surface area contributed by atoms with Gasteiger partial charge in [-0.05, 0) is 27.2 Å². The van der Waals surface area contributed by atoms with E-state index < -0.39 is 0 Å². The summed E-state index contributed by atoms with van der Waals surface area (Å²) in [5.41, 5.74) is 0.979.